The number of hydrogen-bond donors (Lipinski definition) is 0. The van der Waals surface area contributed by atoms with E-state index in [1.165, 1.54) is 12.1 Å². The van der Waals surface area contributed by atoms with Crippen molar-refractivity contribution in [3.8, 4) is 11.6 Å². The molecule has 0 saturated carbocycles. The van der Waals surface area contributed by atoms with Crippen molar-refractivity contribution in [3.63, 3.8) is 0 Å². The third-order valence-corrected chi connectivity index (χ3v) is 2.49. The molecule has 0 amide bonds. The van der Waals surface area contributed by atoms with E-state index in [9.17, 15) is 4.39 Å². The normalized spacial score (nSPS) is 10.2. The van der Waals surface area contributed by atoms with E-state index in [0.29, 0.717) is 16.1 Å². The Morgan fingerprint density at radius 2 is 2.12 bits per heavy atom. The molecule has 3 nitrogen and oxygen atoms in total. The molecule has 1 aromatic carbocycles. The molecule has 0 aliphatic heterocycles. The van der Waals surface area contributed by atoms with Crippen molar-refractivity contribution in [2.24, 2.45) is 0 Å². The number of aryl methyl sites for hydroxylation is 1. The number of hydrogen-bond acceptors (Lipinski definition) is 3. The van der Waals surface area contributed by atoms with E-state index in [2.05, 4.69) is 26.1 Å². The summed E-state index contributed by atoms with van der Waals surface area (Å²) in [6.45, 7) is 1.89. The van der Waals surface area contributed by atoms with Crippen molar-refractivity contribution in [2.75, 3.05) is 0 Å². The van der Waals surface area contributed by atoms with Crippen LogP contribution in [0.3, 0.4) is 0 Å². The van der Waals surface area contributed by atoms with Gasteiger partial charge in [0.25, 0.3) is 0 Å². The Morgan fingerprint density at radius 1 is 1.31 bits per heavy atom. The molecule has 0 aliphatic rings. The van der Waals surface area contributed by atoms with Crippen molar-refractivity contribution in [1.29, 1.82) is 0 Å². The largest absolute Gasteiger partial charge is 0.437 e. The van der Waals surface area contributed by atoms with Crippen LogP contribution in [0.15, 0.2) is 34.9 Å². The summed E-state index contributed by atoms with van der Waals surface area (Å²) in [5, 5.41) is 7.57. The van der Waals surface area contributed by atoms with Crippen LogP contribution in [0.25, 0.3) is 0 Å². The van der Waals surface area contributed by atoms with E-state index in [4.69, 9.17) is 4.74 Å². The van der Waals surface area contributed by atoms with Gasteiger partial charge in [-0.15, -0.1) is 5.10 Å². The van der Waals surface area contributed by atoms with Crippen molar-refractivity contribution in [1.82, 2.24) is 10.2 Å². The molecule has 0 unspecified atom stereocenters. The minimum absolute atomic E-state index is 0.331. The van der Waals surface area contributed by atoms with Gasteiger partial charge in [0.2, 0.25) is 5.88 Å². The molecule has 0 spiro atoms. The fraction of sp³-hybridized carbons (Fsp3) is 0.0909. The summed E-state index contributed by atoms with van der Waals surface area (Å²) >= 11 is 3.08. The lowest BCUT2D eigenvalue weighted by Crippen LogP contribution is -1.91. The zero-order valence-electron chi connectivity index (χ0n) is 8.45. The van der Waals surface area contributed by atoms with E-state index in [1.54, 1.807) is 18.3 Å². The molecule has 82 valence electrons. The highest BCUT2D eigenvalue weighted by molar-refractivity contribution is 9.10. The molecule has 1 aromatic heterocycles. The summed E-state index contributed by atoms with van der Waals surface area (Å²) in [6.07, 6.45) is 1.63. The van der Waals surface area contributed by atoms with E-state index in [-0.39, 0.29) is 5.82 Å². The lowest BCUT2D eigenvalue weighted by molar-refractivity contribution is 0.452. The molecule has 2 rings (SSSR count). The van der Waals surface area contributed by atoms with Crippen LogP contribution in [0, 0.1) is 12.7 Å². The van der Waals surface area contributed by atoms with Crippen LogP contribution in [0.5, 0.6) is 11.6 Å². The topological polar surface area (TPSA) is 35.0 Å². The van der Waals surface area contributed by atoms with Gasteiger partial charge < -0.3 is 4.74 Å². The predicted molar refractivity (Wildman–Crippen MR) is 60.9 cm³/mol. The standard InChI is InChI=1S/C11H8BrFN2O/c1-7-4-11(15-14-6-7)16-8-2-3-10(13)9(12)5-8/h2-6H,1H3. The highest BCUT2D eigenvalue weighted by Crippen LogP contribution is 2.25. The summed E-state index contributed by atoms with van der Waals surface area (Å²) in [5.74, 6) is 0.564. The second-order valence-electron chi connectivity index (χ2n) is 3.25. The number of rotatable bonds is 2. The number of benzene rings is 1. The monoisotopic (exact) mass is 282 g/mol. The van der Waals surface area contributed by atoms with Gasteiger partial charge in [-0.25, -0.2) is 4.39 Å². The zero-order valence-corrected chi connectivity index (χ0v) is 10.0. The summed E-state index contributed by atoms with van der Waals surface area (Å²) in [7, 11) is 0. The number of ether oxygens (including phenoxy) is 1. The first-order valence-corrected chi connectivity index (χ1v) is 5.37. The summed E-state index contributed by atoms with van der Waals surface area (Å²) < 4.78 is 18.7. The van der Waals surface area contributed by atoms with Crippen LogP contribution in [-0.4, -0.2) is 10.2 Å². The average Bonchev–Trinajstić information content (AvgIpc) is 2.24. The van der Waals surface area contributed by atoms with Crippen LogP contribution in [0.2, 0.25) is 0 Å². The fourth-order valence-electron chi connectivity index (χ4n) is 1.15. The summed E-state index contributed by atoms with van der Waals surface area (Å²) in [5.41, 5.74) is 0.950. The highest BCUT2D eigenvalue weighted by Gasteiger charge is 2.03. The highest BCUT2D eigenvalue weighted by atomic mass is 79.9. The van der Waals surface area contributed by atoms with Crippen LogP contribution < -0.4 is 4.74 Å². The van der Waals surface area contributed by atoms with Gasteiger partial charge in [0.1, 0.15) is 11.6 Å². The Kier molecular flexibility index (Phi) is 3.14. The van der Waals surface area contributed by atoms with Crippen molar-refractivity contribution >= 4 is 15.9 Å². The molecule has 0 N–H and O–H groups in total. The zero-order chi connectivity index (χ0) is 11.5. The van der Waals surface area contributed by atoms with Gasteiger partial charge in [-0.2, -0.15) is 5.10 Å². The minimum atomic E-state index is -0.331. The first-order chi connectivity index (χ1) is 7.65. The predicted octanol–water partition coefficient (Wildman–Crippen LogP) is 3.48. The Hall–Kier alpha value is -1.49. The van der Waals surface area contributed by atoms with E-state index < -0.39 is 0 Å². The van der Waals surface area contributed by atoms with E-state index in [1.807, 2.05) is 6.92 Å². The number of halogens is 2. The van der Waals surface area contributed by atoms with Crippen LogP contribution in [0.1, 0.15) is 5.56 Å². The first kappa shape index (κ1) is 11.0. The molecule has 0 radical (unpaired) electrons. The maximum absolute atomic E-state index is 13.0. The molecule has 5 heteroatoms. The Balaban J connectivity index is 2.24. The quantitative estimate of drug-likeness (QED) is 0.846. The Morgan fingerprint density at radius 3 is 2.81 bits per heavy atom. The van der Waals surface area contributed by atoms with Gasteiger partial charge in [-0.1, -0.05) is 0 Å². The minimum Gasteiger partial charge on any atom is -0.437 e. The second kappa shape index (κ2) is 4.57. The third kappa shape index (κ3) is 2.55. The summed E-state index contributed by atoms with van der Waals surface area (Å²) in [6, 6.07) is 6.15. The van der Waals surface area contributed by atoms with Crippen molar-refractivity contribution in [2.45, 2.75) is 6.92 Å². The molecule has 16 heavy (non-hydrogen) atoms. The third-order valence-electron chi connectivity index (χ3n) is 1.88. The van der Waals surface area contributed by atoms with E-state index in [0.717, 1.165) is 5.56 Å². The van der Waals surface area contributed by atoms with Gasteiger partial charge in [-0.05, 0) is 46.6 Å². The van der Waals surface area contributed by atoms with Gasteiger partial charge in [0, 0.05) is 6.07 Å². The smallest absolute Gasteiger partial charge is 0.239 e. The van der Waals surface area contributed by atoms with Crippen molar-refractivity contribution < 1.29 is 9.13 Å². The Labute approximate surface area is 100 Å². The van der Waals surface area contributed by atoms with Crippen LogP contribution in [0.4, 0.5) is 4.39 Å². The second-order valence-corrected chi connectivity index (χ2v) is 4.10. The van der Waals surface area contributed by atoms with Crippen molar-refractivity contribution in [3.05, 3.63) is 46.3 Å². The molecule has 0 bridgehead atoms. The summed E-state index contributed by atoms with van der Waals surface area (Å²) in [4.78, 5) is 0. The average molecular weight is 283 g/mol. The fourth-order valence-corrected chi connectivity index (χ4v) is 1.51. The van der Waals surface area contributed by atoms with E-state index >= 15 is 0 Å². The maximum Gasteiger partial charge on any atom is 0.239 e. The maximum atomic E-state index is 13.0. The first-order valence-electron chi connectivity index (χ1n) is 4.57. The van der Waals surface area contributed by atoms with Gasteiger partial charge in [-0.3, -0.25) is 0 Å². The number of aromatic nitrogens is 2. The van der Waals surface area contributed by atoms with Gasteiger partial charge >= 0.3 is 0 Å². The molecule has 1 heterocycles. The molecule has 0 aliphatic carbocycles. The SMILES string of the molecule is Cc1cnnc(Oc2ccc(F)c(Br)c2)c1. The molecule has 0 fully saturated rings. The van der Waals surface area contributed by atoms with Crippen LogP contribution >= 0.6 is 15.9 Å². The van der Waals surface area contributed by atoms with Gasteiger partial charge in [0.05, 0.1) is 10.7 Å². The molecule has 0 saturated heterocycles. The molecule has 0 atom stereocenters. The molecular formula is C11H8BrFN2O. The Bertz CT molecular complexity index is 519. The lowest BCUT2D eigenvalue weighted by Gasteiger charge is -2.04. The van der Waals surface area contributed by atoms with Crippen LogP contribution in [-0.2, 0) is 0 Å². The molecular weight excluding hydrogens is 275 g/mol. The number of nitrogens with zero attached hydrogens (tertiary/aromatic N) is 2. The van der Waals surface area contributed by atoms with Gasteiger partial charge in [0.15, 0.2) is 0 Å². The molecule has 2 aromatic rings. The lowest BCUT2D eigenvalue weighted by atomic mass is 10.3.